The summed E-state index contributed by atoms with van der Waals surface area (Å²) in [5.74, 6) is 0. The summed E-state index contributed by atoms with van der Waals surface area (Å²) >= 11 is 0. The monoisotopic (exact) mass is 283 g/mol. The van der Waals surface area contributed by atoms with E-state index >= 15 is 0 Å². The summed E-state index contributed by atoms with van der Waals surface area (Å²) in [4.78, 5) is 11.3. The smallest absolute Gasteiger partial charge is 0.407 e. The van der Waals surface area contributed by atoms with E-state index in [-0.39, 0.29) is 12.7 Å². The maximum Gasteiger partial charge on any atom is 0.407 e. The van der Waals surface area contributed by atoms with E-state index in [1.54, 1.807) is 20.8 Å². The van der Waals surface area contributed by atoms with Gasteiger partial charge in [-0.25, -0.2) is 4.79 Å². The van der Waals surface area contributed by atoms with Gasteiger partial charge in [0.15, 0.2) is 0 Å². The Morgan fingerprint density at radius 1 is 1.33 bits per heavy atom. The minimum atomic E-state index is -3.28. The standard InChI is InChI=1S/C10H22NO6P/c1-10(2,3)17-9(13)11-6-8(12)7-18(14,15-4)16-5/h8,12H,6-7H2,1-5H3,(H,11,13). The molecule has 0 aliphatic rings. The number of rotatable bonds is 6. The molecule has 0 aliphatic carbocycles. The minimum Gasteiger partial charge on any atom is -0.444 e. The molecule has 1 atom stereocenters. The second kappa shape index (κ2) is 7.09. The first-order valence-electron chi connectivity index (χ1n) is 5.47. The Kier molecular flexibility index (Phi) is 6.84. The molecule has 0 aromatic carbocycles. The van der Waals surface area contributed by atoms with Crippen molar-refractivity contribution >= 4 is 13.7 Å². The van der Waals surface area contributed by atoms with Crippen molar-refractivity contribution in [1.82, 2.24) is 5.32 Å². The van der Waals surface area contributed by atoms with Gasteiger partial charge in [0.1, 0.15) is 5.60 Å². The number of aliphatic hydroxyl groups is 1. The topological polar surface area (TPSA) is 94.1 Å². The van der Waals surface area contributed by atoms with Gasteiger partial charge in [-0.2, -0.15) is 0 Å². The third-order valence-electron chi connectivity index (χ3n) is 1.87. The Balaban J connectivity index is 4.08. The molecule has 108 valence electrons. The lowest BCUT2D eigenvalue weighted by Crippen LogP contribution is -2.38. The van der Waals surface area contributed by atoms with Crippen LogP contribution in [0.2, 0.25) is 0 Å². The van der Waals surface area contributed by atoms with E-state index in [9.17, 15) is 14.5 Å². The zero-order chi connectivity index (χ0) is 14.4. The molecule has 0 radical (unpaired) electrons. The lowest BCUT2D eigenvalue weighted by Gasteiger charge is -2.21. The average molecular weight is 283 g/mol. The van der Waals surface area contributed by atoms with Gasteiger partial charge in [0.25, 0.3) is 0 Å². The molecule has 0 heterocycles. The van der Waals surface area contributed by atoms with Crippen LogP contribution in [0.25, 0.3) is 0 Å². The van der Waals surface area contributed by atoms with Crippen LogP contribution in [0.1, 0.15) is 20.8 Å². The summed E-state index contributed by atoms with van der Waals surface area (Å²) in [7, 11) is -0.811. The van der Waals surface area contributed by atoms with Gasteiger partial charge < -0.3 is 24.2 Å². The summed E-state index contributed by atoms with van der Waals surface area (Å²) in [6.07, 6.45) is -1.88. The molecule has 0 aliphatic heterocycles. The van der Waals surface area contributed by atoms with Crippen LogP contribution in [0.15, 0.2) is 0 Å². The van der Waals surface area contributed by atoms with Crippen LogP contribution in [0.3, 0.4) is 0 Å². The molecule has 0 bridgehead atoms. The van der Waals surface area contributed by atoms with Gasteiger partial charge in [-0.15, -0.1) is 0 Å². The average Bonchev–Trinajstić information content (AvgIpc) is 2.24. The number of hydrogen-bond acceptors (Lipinski definition) is 6. The fourth-order valence-corrected chi connectivity index (χ4v) is 2.15. The zero-order valence-electron chi connectivity index (χ0n) is 11.4. The maximum atomic E-state index is 11.7. The van der Waals surface area contributed by atoms with E-state index in [0.717, 1.165) is 0 Å². The molecule has 8 heteroatoms. The number of carbonyl (C=O) groups is 1. The molecule has 0 aromatic heterocycles. The van der Waals surface area contributed by atoms with Gasteiger partial charge in [0.2, 0.25) is 0 Å². The first kappa shape index (κ1) is 17.4. The Morgan fingerprint density at radius 3 is 2.22 bits per heavy atom. The van der Waals surface area contributed by atoms with Crippen LogP contribution in [0.5, 0.6) is 0 Å². The van der Waals surface area contributed by atoms with Gasteiger partial charge in [0, 0.05) is 20.8 Å². The Labute approximate surface area is 107 Å². The van der Waals surface area contributed by atoms with Crippen LogP contribution in [0, 0.1) is 0 Å². The summed E-state index contributed by atoms with van der Waals surface area (Å²) in [6, 6.07) is 0. The number of carbonyl (C=O) groups excluding carboxylic acids is 1. The van der Waals surface area contributed by atoms with Gasteiger partial charge in [-0.1, -0.05) is 0 Å². The van der Waals surface area contributed by atoms with Crippen molar-refractivity contribution in [3.05, 3.63) is 0 Å². The molecule has 0 rings (SSSR count). The third-order valence-corrected chi connectivity index (χ3v) is 3.85. The molecule has 0 saturated carbocycles. The molecule has 0 saturated heterocycles. The largest absolute Gasteiger partial charge is 0.444 e. The van der Waals surface area contributed by atoms with E-state index in [2.05, 4.69) is 14.4 Å². The predicted octanol–water partition coefficient (Wildman–Crippen LogP) is 1.36. The predicted molar refractivity (Wildman–Crippen MR) is 66.7 cm³/mol. The SMILES string of the molecule is COP(=O)(CC(O)CNC(=O)OC(C)(C)C)OC. The van der Waals surface area contributed by atoms with Crippen molar-refractivity contribution in [2.45, 2.75) is 32.5 Å². The van der Waals surface area contributed by atoms with Crippen molar-refractivity contribution in [2.24, 2.45) is 0 Å². The minimum absolute atomic E-state index is 0.0916. The first-order valence-corrected chi connectivity index (χ1v) is 7.20. The maximum absolute atomic E-state index is 11.7. The van der Waals surface area contributed by atoms with E-state index < -0.39 is 25.4 Å². The van der Waals surface area contributed by atoms with Gasteiger partial charge in [-0.05, 0) is 20.8 Å². The fourth-order valence-electron chi connectivity index (χ4n) is 1.06. The Bertz CT molecular complexity index is 306. The van der Waals surface area contributed by atoms with Crippen molar-refractivity contribution in [3.8, 4) is 0 Å². The fraction of sp³-hybridized carbons (Fsp3) is 0.900. The van der Waals surface area contributed by atoms with Gasteiger partial charge in [0.05, 0.1) is 12.3 Å². The zero-order valence-corrected chi connectivity index (χ0v) is 12.3. The Morgan fingerprint density at radius 2 is 1.83 bits per heavy atom. The summed E-state index contributed by atoms with van der Waals surface area (Å²) < 4.78 is 26.0. The molecule has 1 amide bonds. The summed E-state index contributed by atoms with van der Waals surface area (Å²) in [5.41, 5.74) is -0.608. The lowest BCUT2D eigenvalue weighted by atomic mass is 10.2. The molecule has 1 unspecified atom stereocenters. The van der Waals surface area contributed by atoms with E-state index in [1.165, 1.54) is 14.2 Å². The van der Waals surface area contributed by atoms with Crippen molar-refractivity contribution in [2.75, 3.05) is 26.9 Å². The summed E-state index contributed by atoms with van der Waals surface area (Å²) in [6.45, 7) is 5.10. The second-order valence-corrected chi connectivity index (χ2v) is 7.01. The highest BCUT2D eigenvalue weighted by Gasteiger charge is 2.26. The van der Waals surface area contributed by atoms with Gasteiger partial charge in [-0.3, -0.25) is 4.57 Å². The number of nitrogens with one attached hydrogen (secondary N) is 1. The Hall–Kier alpha value is -0.620. The van der Waals surface area contributed by atoms with Crippen LogP contribution < -0.4 is 5.32 Å². The molecule has 18 heavy (non-hydrogen) atoms. The molecule has 2 N–H and O–H groups in total. The van der Waals surface area contributed by atoms with Crippen LogP contribution in [-0.4, -0.2) is 49.8 Å². The van der Waals surface area contributed by atoms with Gasteiger partial charge >= 0.3 is 13.7 Å². The molecule has 0 spiro atoms. The van der Waals surface area contributed by atoms with Crippen LogP contribution in [0.4, 0.5) is 4.79 Å². The van der Waals surface area contributed by atoms with Crippen molar-refractivity contribution < 1.29 is 28.3 Å². The number of alkyl carbamates (subject to hydrolysis) is 1. The highest BCUT2D eigenvalue weighted by Crippen LogP contribution is 2.46. The molecule has 0 aromatic rings. The van der Waals surface area contributed by atoms with E-state index in [1.807, 2.05) is 0 Å². The number of hydrogen-bond donors (Lipinski definition) is 2. The van der Waals surface area contributed by atoms with E-state index in [4.69, 9.17) is 4.74 Å². The second-order valence-electron chi connectivity index (χ2n) is 4.70. The van der Waals surface area contributed by atoms with E-state index in [0.29, 0.717) is 0 Å². The number of ether oxygens (including phenoxy) is 1. The van der Waals surface area contributed by atoms with Crippen LogP contribution in [-0.2, 0) is 18.3 Å². The quantitative estimate of drug-likeness (QED) is 0.715. The normalized spacial score (nSPS) is 14.1. The molecule has 7 nitrogen and oxygen atoms in total. The number of aliphatic hydroxyl groups excluding tert-OH is 1. The molecular formula is C10H22NO6P. The van der Waals surface area contributed by atoms with Crippen LogP contribution >= 0.6 is 7.60 Å². The summed E-state index contributed by atoms with van der Waals surface area (Å²) in [5, 5.41) is 12.0. The lowest BCUT2D eigenvalue weighted by molar-refractivity contribution is 0.0496. The highest BCUT2D eigenvalue weighted by atomic mass is 31.2. The van der Waals surface area contributed by atoms with Crippen molar-refractivity contribution in [3.63, 3.8) is 0 Å². The first-order chi connectivity index (χ1) is 8.12. The highest BCUT2D eigenvalue weighted by molar-refractivity contribution is 7.53. The molecule has 0 fully saturated rings. The van der Waals surface area contributed by atoms with Crippen molar-refractivity contribution in [1.29, 1.82) is 0 Å². The third kappa shape index (κ3) is 7.66. The molecular weight excluding hydrogens is 261 g/mol. The number of amides is 1.